The summed E-state index contributed by atoms with van der Waals surface area (Å²) in [6.45, 7) is 0.465. The molecule has 0 aliphatic carbocycles. The number of fused-ring (bicyclic) bond motifs is 3. The molecule has 5 rings (SSSR count). The summed E-state index contributed by atoms with van der Waals surface area (Å²) in [5.74, 6) is 1.62. The lowest BCUT2D eigenvalue weighted by molar-refractivity contribution is 0.284. The highest BCUT2D eigenvalue weighted by Crippen LogP contribution is 2.28. The Morgan fingerprint density at radius 1 is 0.970 bits per heavy atom. The van der Waals surface area contributed by atoms with Crippen LogP contribution in [0, 0.1) is 0 Å². The molecule has 2 heterocycles. The van der Waals surface area contributed by atoms with Crippen molar-refractivity contribution in [3.05, 3.63) is 83.9 Å². The summed E-state index contributed by atoms with van der Waals surface area (Å²) in [4.78, 5) is 4.56. The number of aromatic nitrogens is 4. The van der Waals surface area contributed by atoms with E-state index in [-0.39, 0.29) is 0 Å². The topological polar surface area (TPSA) is 86.5 Å². The summed E-state index contributed by atoms with van der Waals surface area (Å²) in [5.41, 5.74) is 7.34. The maximum atomic E-state index is 5.90. The molecule has 8 heteroatoms. The van der Waals surface area contributed by atoms with Crippen molar-refractivity contribution < 1.29 is 9.47 Å². The molecule has 0 amide bonds. The van der Waals surface area contributed by atoms with Crippen molar-refractivity contribution in [2.24, 2.45) is 12.1 Å². The molecular weight excluding hydrogens is 416 g/mol. The van der Waals surface area contributed by atoms with E-state index in [1.165, 1.54) is 0 Å². The highest BCUT2D eigenvalue weighted by Gasteiger charge is 2.12. The molecule has 0 spiro atoms. The zero-order valence-corrected chi connectivity index (χ0v) is 18.3. The zero-order chi connectivity index (χ0) is 22.6. The first-order valence-corrected chi connectivity index (χ1v) is 10.4. The molecule has 0 unspecified atom stereocenters. The second kappa shape index (κ2) is 8.96. The average molecular weight is 438 g/mol. The lowest BCUT2D eigenvalue weighted by Crippen LogP contribution is -2.01. The van der Waals surface area contributed by atoms with Crippen LogP contribution in [-0.4, -0.2) is 33.1 Å². The van der Waals surface area contributed by atoms with Crippen LogP contribution in [0.25, 0.3) is 22.1 Å². The third-order valence-corrected chi connectivity index (χ3v) is 5.31. The van der Waals surface area contributed by atoms with Gasteiger partial charge in [0.25, 0.3) is 5.95 Å². The fraction of sp³-hybridized carbons (Fsp3) is 0.120. The summed E-state index contributed by atoms with van der Waals surface area (Å²) >= 11 is 0. The Labute approximate surface area is 190 Å². The lowest BCUT2D eigenvalue weighted by Gasteiger charge is -2.11. The average Bonchev–Trinajstić information content (AvgIpc) is 3.15. The fourth-order valence-electron chi connectivity index (χ4n) is 3.64. The van der Waals surface area contributed by atoms with Gasteiger partial charge in [-0.3, -0.25) is 0 Å². The molecule has 0 radical (unpaired) electrons. The number of nitrogens with one attached hydrogen (secondary N) is 1. The number of methoxy groups -OCH3 is 1. The number of anilines is 1. The third-order valence-electron chi connectivity index (χ3n) is 5.31. The molecule has 0 saturated heterocycles. The minimum atomic E-state index is 0.319. The van der Waals surface area contributed by atoms with E-state index >= 15 is 0 Å². The van der Waals surface area contributed by atoms with Crippen molar-refractivity contribution in [2.45, 2.75) is 6.61 Å². The Kier molecular flexibility index (Phi) is 5.55. The molecule has 1 N–H and O–H groups in total. The second-order valence-corrected chi connectivity index (χ2v) is 7.44. The summed E-state index contributed by atoms with van der Waals surface area (Å²) in [7, 11) is 3.57. The predicted octanol–water partition coefficient (Wildman–Crippen LogP) is 4.55. The maximum Gasteiger partial charge on any atom is 0.265 e. The Morgan fingerprint density at radius 3 is 2.64 bits per heavy atom. The van der Waals surface area contributed by atoms with Crippen LogP contribution in [0.5, 0.6) is 11.5 Å². The molecule has 3 aromatic carbocycles. The van der Waals surface area contributed by atoms with E-state index in [1.54, 1.807) is 13.3 Å². The van der Waals surface area contributed by atoms with Crippen LogP contribution in [0.2, 0.25) is 0 Å². The van der Waals surface area contributed by atoms with Gasteiger partial charge in [0.15, 0.2) is 17.1 Å². The number of ether oxygens (including phenoxy) is 2. The summed E-state index contributed by atoms with van der Waals surface area (Å²) in [6.07, 6.45) is 1.67. The van der Waals surface area contributed by atoms with Crippen molar-refractivity contribution in [3.8, 4) is 11.5 Å². The first-order valence-electron chi connectivity index (χ1n) is 10.4. The van der Waals surface area contributed by atoms with Gasteiger partial charge >= 0.3 is 0 Å². The van der Waals surface area contributed by atoms with Gasteiger partial charge < -0.3 is 14.0 Å². The first-order chi connectivity index (χ1) is 16.2. The van der Waals surface area contributed by atoms with Crippen molar-refractivity contribution in [2.75, 3.05) is 12.5 Å². The normalized spacial score (nSPS) is 11.3. The standard InChI is InChI=1S/C25H22N6O2/c1-31-20-11-7-6-10-19(20)23-24(31)27-25(30-28-23)29-26-15-18-12-13-21(22(14-18)32-2)33-16-17-8-4-3-5-9-17/h3-15H,16H2,1-2H3,(H,27,29,30)/b26-15+. The molecule has 0 bridgehead atoms. The minimum Gasteiger partial charge on any atom is -0.493 e. The van der Waals surface area contributed by atoms with Gasteiger partial charge in [-0.1, -0.05) is 48.5 Å². The Hall–Kier alpha value is -4.46. The fourth-order valence-corrected chi connectivity index (χ4v) is 3.64. The van der Waals surface area contributed by atoms with Crippen LogP contribution in [0.4, 0.5) is 5.95 Å². The van der Waals surface area contributed by atoms with Gasteiger partial charge in [-0.25, -0.2) is 5.43 Å². The SMILES string of the molecule is COc1cc(/C=N/Nc2nnc3c4ccccc4n(C)c3n2)ccc1OCc1ccccc1. The highest BCUT2D eigenvalue weighted by atomic mass is 16.5. The van der Waals surface area contributed by atoms with Crippen LogP contribution in [0.15, 0.2) is 77.9 Å². The quantitative estimate of drug-likeness (QED) is 0.296. The van der Waals surface area contributed by atoms with E-state index in [0.29, 0.717) is 24.1 Å². The summed E-state index contributed by atoms with van der Waals surface area (Å²) in [5, 5.41) is 13.8. The number of hydrogen-bond donors (Lipinski definition) is 1. The van der Waals surface area contributed by atoms with Gasteiger partial charge in [0.1, 0.15) is 12.1 Å². The number of rotatable bonds is 7. The van der Waals surface area contributed by atoms with Crippen LogP contribution >= 0.6 is 0 Å². The summed E-state index contributed by atoms with van der Waals surface area (Å²) < 4.78 is 13.4. The van der Waals surface area contributed by atoms with Crippen molar-refractivity contribution in [1.29, 1.82) is 0 Å². The van der Waals surface area contributed by atoms with Gasteiger partial charge in [0, 0.05) is 12.4 Å². The molecule has 8 nitrogen and oxygen atoms in total. The smallest absolute Gasteiger partial charge is 0.265 e. The number of aryl methyl sites for hydroxylation is 1. The lowest BCUT2D eigenvalue weighted by atomic mass is 10.2. The molecule has 0 aliphatic heterocycles. The molecule has 5 aromatic rings. The van der Waals surface area contributed by atoms with Crippen molar-refractivity contribution >= 4 is 34.2 Å². The molecule has 0 atom stereocenters. The summed E-state index contributed by atoms with van der Waals surface area (Å²) in [6, 6.07) is 23.6. The number of hydrogen-bond acceptors (Lipinski definition) is 7. The van der Waals surface area contributed by atoms with E-state index < -0.39 is 0 Å². The van der Waals surface area contributed by atoms with E-state index in [2.05, 4.69) is 25.7 Å². The van der Waals surface area contributed by atoms with Crippen LogP contribution < -0.4 is 14.9 Å². The number of benzene rings is 3. The largest absolute Gasteiger partial charge is 0.493 e. The monoisotopic (exact) mass is 438 g/mol. The van der Waals surface area contributed by atoms with Gasteiger partial charge in [-0.15, -0.1) is 10.2 Å². The number of para-hydroxylation sites is 1. The molecule has 0 fully saturated rings. The van der Waals surface area contributed by atoms with Crippen LogP contribution in [-0.2, 0) is 13.7 Å². The van der Waals surface area contributed by atoms with Crippen LogP contribution in [0.1, 0.15) is 11.1 Å². The van der Waals surface area contributed by atoms with Crippen molar-refractivity contribution in [3.63, 3.8) is 0 Å². The van der Waals surface area contributed by atoms with E-state index in [1.807, 2.05) is 84.4 Å². The van der Waals surface area contributed by atoms with Crippen LogP contribution in [0.3, 0.4) is 0 Å². The molecule has 2 aromatic heterocycles. The van der Waals surface area contributed by atoms with E-state index in [0.717, 1.165) is 33.2 Å². The van der Waals surface area contributed by atoms with E-state index in [4.69, 9.17) is 9.47 Å². The van der Waals surface area contributed by atoms with Gasteiger partial charge in [-0.05, 0) is 35.4 Å². The Bertz CT molecular complexity index is 1450. The molecule has 0 aliphatic rings. The molecule has 164 valence electrons. The molecule has 0 saturated carbocycles. The minimum absolute atomic E-state index is 0.319. The first kappa shape index (κ1) is 20.4. The van der Waals surface area contributed by atoms with Crippen molar-refractivity contribution in [1.82, 2.24) is 19.7 Å². The zero-order valence-electron chi connectivity index (χ0n) is 18.3. The van der Waals surface area contributed by atoms with Gasteiger partial charge in [0.2, 0.25) is 0 Å². The van der Waals surface area contributed by atoms with Gasteiger partial charge in [-0.2, -0.15) is 10.1 Å². The maximum absolute atomic E-state index is 5.90. The Balaban J connectivity index is 1.30. The third kappa shape index (κ3) is 4.18. The van der Waals surface area contributed by atoms with E-state index in [9.17, 15) is 0 Å². The second-order valence-electron chi connectivity index (χ2n) is 7.44. The molecular formula is C25H22N6O2. The number of hydrazone groups is 1. The highest BCUT2D eigenvalue weighted by molar-refractivity contribution is 6.04. The molecule has 33 heavy (non-hydrogen) atoms. The predicted molar refractivity (Wildman–Crippen MR) is 129 cm³/mol. The Morgan fingerprint density at radius 2 is 1.79 bits per heavy atom. The number of nitrogens with zero attached hydrogens (tertiary/aromatic N) is 5. The van der Waals surface area contributed by atoms with Gasteiger partial charge in [0.05, 0.1) is 18.8 Å².